The fourth-order valence-corrected chi connectivity index (χ4v) is 1.08. The molecular formula is C8H12F3N3O. The molecule has 2 N–H and O–H groups in total. The lowest BCUT2D eigenvalue weighted by Crippen LogP contribution is -2.19. The van der Waals surface area contributed by atoms with Crippen LogP contribution in [0.5, 0.6) is 0 Å². The number of alkyl halides is 3. The Hall–Kier alpha value is -1.24. The molecular weight excluding hydrogens is 211 g/mol. The van der Waals surface area contributed by atoms with Gasteiger partial charge in [-0.2, -0.15) is 18.3 Å². The molecule has 0 bridgehead atoms. The number of nitrogens with two attached hydrogens (primary N) is 1. The van der Waals surface area contributed by atoms with E-state index >= 15 is 0 Å². The molecule has 0 radical (unpaired) electrons. The summed E-state index contributed by atoms with van der Waals surface area (Å²) in [4.78, 5) is 0. The molecule has 86 valence electrons. The third-order valence-electron chi connectivity index (χ3n) is 1.92. The van der Waals surface area contributed by atoms with E-state index in [0.29, 0.717) is 17.1 Å². The van der Waals surface area contributed by atoms with Crippen LogP contribution in [0.25, 0.3) is 0 Å². The molecule has 1 heterocycles. The first-order chi connectivity index (χ1) is 6.81. The molecule has 0 amide bonds. The minimum absolute atomic E-state index is 0.247. The van der Waals surface area contributed by atoms with E-state index < -0.39 is 12.8 Å². The van der Waals surface area contributed by atoms with Crippen LogP contribution in [0.3, 0.4) is 0 Å². The van der Waals surface area contributed by atoms with Crippen molar-refractivity contribution in [1.82, 2.24) is 9.78 Å². The number of nitrogens with zero attached hydrogens (tertiary/aromatic N) is 2. The monoisotopic (exact) mass is 223 g/mol. The lowest BCUT2D eigenvalue weighted by atomic mass is 10.3. The zero-order valence-electron chi connectivity index (χ0n) is 8.43. The van der Waals surface area contributed by atoms with Gasteiger partial charge in [-0.25, -0.2) is 4.68 Å². The van der Waals surface area contributed by atoms with Crippen molar-refractivity contribution in [3.05, 3.63) is 11.4 Å². The number of rotatable bonds is 3. The van der Waals surface area contributed by atoms with Gasteiger partial charge in [-0.3, -0.25) is 0 Å². The zero-order valence-corrected chi connectivity index (χ0v) is 8.43. The third kappa shape index (κ3) is 3.12. The largest absolute Gasteiger partial charge is 0.411 e. The van der Waals surface area contributed by atoms with Crippen LogP contribution in [0, 0.1) is 13.8 Å². The summed E-state index contributed by atoms with van der Waals surface area (Å²) < 4.78 is 41.0. The third-order valence-corrected chi connectivity index (χ3v) is 1.92. The van der Waals surface area contributed by atoms with Crippen LogP contribution < -0.4 is 5.73 Å². The van der Waals surface area contributed by atoms with Crippen molar-refractivity contribution >= 4 is 5.69 Å². The van der Waals surface area contributed by atoms with Crippen LogP contribution in [0.4, 0.5) is 18.9 Å². The van der Waals surface area contributed by atoms with Crippen molar-refractivity contribution in [2.75, 3.05) is 12.3 Å². The summed E-state index contributed by atoms with van der Waals surface area (Å²) in [7, 11) is 0. The number of hydrogen-bond acceptors (Lipinski definition) is 3. The Bertz CT molecular complexity index is 346. The van der Waals surface area contributed by atoms with E-state index in [9.17, 15) is 13.2 Å². The van der Waals surface area contributed by atoms with Crippen molar-refractivity contribution in [3.63, 3.8) is 0 Å². The summed E-state index contributed by atoms with van der Waals surface area (Å²) in [5.41, 5.74) is 7.27. The minimum atomic E-state index is -4.32. The van der Waals surface area contributed by atoms with Gasteiger partial charge >= 0.3 is 6.18 Å². The second-order valence-electron chi connectivity index (χ2n) is 3.18. The number of aromatic nitrogens is 2. The molecule has 0 aliphatic heterocycles. The van der Waals surface area contributed by atoms with Crippen molar-refractivity contribution in [1.29, 1.82) is 0 Å². The highest BCUT2D eigenvalue weighted by atomic mass is 19.4. The molecule has 0 saturated heterocycles. The predicted octanol–water partition coefficient (Wildman–Crippen LogP) is 1.62. The van der Waals surface area contributed by atoms with Gasteiger partial charge in [0.05, 0.1) is 17.1 Å². The first-order valence-electron chi connectivity index (χ1n) is 4.25. The molecule has 7 heteroatoms. The summed E-state index contributed by atoms with van der Waals surface area (Å²) in [5, 5.41) is 3.93. The molecule has 0 spiro atoms. The highest BCUT2D eigenvalue weighted by Gasteiger charge is 2.27. The van der Waals surface area contributed by atoms with Crippen molar-refractivity contribution in [3.8, 4) is 0 Å². The van der Waals surface area contributed by atoms with Crippen LogP contribution in [0.15, 0.2) is 0 Å². The zero-order chi connectivity index (χ0) is 11.6. The molecule has 15 heavy (non-hydrogen) atoms. The molecule has 0 unspecified atom stereocenters. The Balaban J connectivity index is 2.55. The van der Waals surface area contributed by atoms with E-state index in [-0.39, 0.29) is 6.73 Å². The van der Waals surface area contributed by atoms with Gasteiger partial charge in [0.2, 0.25) is 0 Å². The van der Waals surface area contributed by atoms with E-state index in [1.807, 2.05) is 0 Å². The standard InChI is InChI=1S/C8H12F3N3O/c1-5-7(12)6(2)14(13-5)4-15-3-8(9,10)11/h3-4,12H2,1-2H3. The van der Waals surface area contributed by atoms with E-state index in [4.69, 9.17) is 5.73 Å². The fourth-order valence-electron chi connectivity index (χ4n) is 1.08. The number of hydrogen-bond donors (Lipinski definition) is 1. The van der Waals surface area contributed by atoms with Crippen LogP contribution >= 0.6 is 0 Å². The van der Waals surface area contributed by atoms with Gasteiger partial charge in [0.25, 0.3) is 0 Å². The van der Waals surface area contributed by atoms with Gasteiger partial charge in [0, 0.05) is 0 Å². The number of nitrogen functional groups attached to an aromatic ring is 1. The van der Waals surface area contributed by atoms with E-state index in [1.165, 1.54) is 4.68 Å². The van der Waals surface area contributed by atoms with Gasteiger partial charge in [0.1, 0.15) is 13.3 Å². The quantitative estimate of drug-likeness (QED) is 0.847. The molecule has 0 atom stereocenters. The maximum atomic E-state index is 11.8. The molecule has 0 aromatic carbocycles. The van der Waals surface area contributed by atoms with E-state index in [1.54, 1.807) is 13.8 Å². The summed E-state index contributed by atoms with van der Waals surface area (Å²) in [6.07, 6.45) is -4.32. The number of ether oxygens (including phenoxy) is 1. The minimum Gasteiger partial charge on any atom is -0.396 e. The lowest BCUT2D eigenvalue weighted by Gasteiger charge is -2.08. The predicted molar refractivity (Wildman–Crippen MR) is 48.1 cm³/mol. The van der Waals surface area contributed by atoms with Crippen LogP contribution in [0.1, 0.15) is 11.4 Å². The van der Waals surface area contributed by atoms with Crippen molar-refractivity contribution in [2.24, 2.45) is 0 Å². The topological polar surface area (TPSA) is 53.1 Å². The average Bonchev–Trinajstić information content (AvgIpc) is 2.32. The van der Waals surface area contributed by atoms with Crippen molar-refractivity contribution < 1.29 is 17.9 Å². The highest BCUT2D eigenvalue weighted by molar-refractivity contribution is 5.46. The smallest absolute Gasteiger partial charge is 0.396 e. The molecule has 1 aromatic heterocycles. The second kappa shape index (κ2) is 4.09. The molecule has 1 aromatic rings. The maximum absolute atomic E-state index is 11.8. The SMILES string of the molecule is Cc1nn(COCC(F)(F)F)c(C)c1N. The Morgan fingerprint density at radius 3 is 2.40 bits per heavy atom. The Morgan fingerprint density at radius 1 is 1.40 bits per heavy atom. The summed E-state index contributed by atoms with van der Waals surface area (Å²) >= 11 is 0. The fraction of sp³-hybridized carbons (Fsp3) is 0.625. The normalized spacial score (nSPS) is 12.1. The van der Waals surface area contributed by atoms with Crippen molar-refractivity contribution in [2.45, 2.75) is 26.8 Å². The van der Waals surface area contributed by atoms with Gasteiger partial charge in [-0.1, -0.05) is 0 Å². The lowest BCUT2D eigenvalue weighted by molar-refractivity contribution is -0.182. The Kier molecular flexibility index (Phi) is 3.23. The molecule has 4 nitrogen and oxygen atoms in total. The van der Waals surface area contributed by atoms with Gasteiger partial charge in [0.15, 0.2) is 0 Å². The molecule has 0 aliphatic rings. The highest BCUT2D eigenvalue weighted by Crippen LogP contribution is 2.17. The van der Waals surface area contributed by atoms with Crippen LogP contribution in [0.2, 0.25) is 0 Å². The number of anilines is 1. The molecule has 1 rings (SSSR count). The number of halogens is 3. The van der Waals surface area contributed by atoms with Crippen LogP contribution in [-0.4, -0.2) is 22.6 Å². The molecule has 0 saturated carbocycles. The average molecular weight is 223 g/mol. The molecule has 0 aliphatic carbocycles. The first kappa shape index (κ1) is 11.8. The van der Waals surface area contributed by atoms with Gasteiger partial charge in [-0.05, 0) is 13.8 Å². The number of aryl methyl sites for hydroxylation is 1. The van der Waals surface area contributed by atoms with E-state index in [2.05, 4.69) is 9.84 Å². The maximum Gasteiger partial charge on any atom is 0.411 e. The second-order valence-corrected chi connectivity index (χ2v) is 3.18. The molecule has 0 fully saturated rings. The van der Waals surface area contributed by atoms with E-state index in [0.717, 1.165) is 0 Å². The summed E-state index contributed by atoms with van der Waals surface area (Å²) in [5.74, 6) is 0. The summed E-state index contributed by atoms with van der Waals surface area (Å²) in [6.45, 7) is 1.82. The first-order valence-corrected chi connectivity index (χ1v) is 4.25. The van der Waals surface area contributed by atoms with Crippen LogP contribution in [-0.2, 0) is 11.5 Å². The Labute approximate surface area is 84.8 Å². The van der Waals surface area contributed by atoms with Gasteiger partial charge in [-0.15, -0.1) is 0 Å². The summed E-state index contributed by atoms with van der Waals surface area (Å²) in [6, 6.07) is 0. The van der Waals surface area contributed by atoms with Gasteiger partial charge < -0.3 is 10.5 Å². The Morgan fingerprint density at radius 2 is 2.00 bits per heavy atom.